The molecule has 0 spiro atoms. The van der Waals surface area contributed by atoms with E-state index in [-0.39, 0.29) is 11.6 Å². The third kappa shape index (κ3) is 5.49. The smallest absolute Gasteiger partial charge is 0.270 e. The average molecular weight is 365 g/mol. The van der Waals surface area contributed by atoms with E-state index >= 15 is 0 Å². The Morgan fingerprint density at radius 1 is 1.04 bits per heavy atom. The Morgan fingerprint density at radius 2 is 1.85 bits per heavy atom. The molecule has 6 nitrogen and oxygen atoms in total. The van der Waals surface area contributed by atoms with Crippen molar-refractivity contribution in [2.24, 2.45) is 0 Å². The van der Waals surface area contributed by atoms with Crippen molar-refractivity contribution in [3.63, 3.8) is 0 Å². The maximum atomic E-state index is 12.5. The summed E-state index contributed by atoms with van der Waals surface area (Å²) in [6.07, 6.45) is 4.08. The van der Waals surface area contributed by atoms with Crippen LogP contribution in [0.25, 0.3) is 6.08 Å². The number of amides is 1. The Bertz CT molecular complexity index is 820. The van der Waals surface area contributed by atoms with Crippen molar-refractivity contribution in [1.29, 1.82) is 0 Å². The first-order chi connectivity index (χ1) is 13.1. The molecule has 2 aromatic carbocycles. The molecule has 1 amide bonds. The summed E-state index contributed by atoms with van der Waals surface area (Å²) >= 11 is 0. The van der Waals surface area contributed by atoms with Crippen LogP contribution >= 0.6 is 0 Å². The number of hydrogen-bond acceptors (Lipinski definition) is 4. The number of nitrogens with zero attached hydrogens (tertiary/aromatic N) is 3. The van der Waals surface area contributed by atoms with Gasteiger partial charge in [-0.2, -0.15) is 0 Å². The van der Waals surface area contributed by atoms with Crippen LogP contribution in [-0.4, -0.2) is 46.8 Å². The van der Waals surface area contributed by atoms with E-state index in [4.69, 9.17) is 0 Å². The highest BCUT2D eigenvalue weighted by Crippen LogP contribution is 2.15. The lowest BCUT2D eigenvalue weighted by molar-refractivity contribution is -0.384. The van der Waals surface area contributed by atoms with Crippen LogP contribution in [0.1, 0.15) is 17.5 Å². The third-order valence-corrected chi connectivity index (χ3v) is 4.65. The summed E-state index contributed by atoms with van der Waals surface area (Å²) in [4.78, 5) is 27.1. The fourth-order valence-corrected chi connectivity index (χ4v) is 3.21. The number of non-ortho nitro benzene ring substituents is 1. The van der Waals surface area contributed by atoms with Crippen molar-refractivity contribution in [3.05, 3.63) is 81.9 Å². The van der Waals surface area contributed by atoms with Crippen LogP contribution in [-0.2, 0) is 11.3 Å². The van der Waals surface area contributed by atoms with Gasteiger partial charge in [0.2, 0.25) is 5.91 Å². The largest absolute Gasteiger partial charge is 0.338 e. The molecule has 0 atom stereocenters. The Balaban J connectivity index is 1.56. The normalized spacial score (nSPS) is 15.6. The van der Waals surface area contributed by atoms with Gasteiger partial charge in [0.15, 0.2) is 0 Å². The molecule has 1 aliphatic rings. The van der Waals surface area contributed by atoms with E-state index in [1.54, 1.807) is 18.2 Å². The predicted molar refractivity (Wildman–Crippen MR) is 105 cm³/mol. The van der Waals surface area contributed by atoms with Crippen LogP contribution in [0.4, 0.5) is 5.69 Å². The molecule has 140 valence electrons. The summed E-state index contributed by atoms with van der Waals surface area (Å²) < 4.78 is 0. The SMILES string of the molecule is O=C(/C=C/c1cccc([N+](=O)[O-])c1)N1CCCN(Cc2ccccc2)CC1. The highest BCUT2D eigenvalue weighted by molar-refractivity contribution is 5.91. The van der Waals surface area contributed by atoms with Crippen molar-refractivity contribution in [3.8, 4) is 0 Å². The van der Waals surface area contributed by atoms with Gasteiger partial charge >= 0.3 is 0 Å². The fourth-order valence-electron chi connectivity index (χ4n) is 3.21. The Morgan fingerprint density at radius 3 is 2.63 bits per heavy atom. The monoisotopic (exact) mass is 365 g/mol. The molecule has 6 heteroatoms. The number of carbonyl (C=O) groups is 1. The number of benzene rings is 2. The van der Waals surface area contributed by atoms with Gasteiger partial charge < -0.3 is 4.90 Å². The molecule has 1 heterocycles. The van der Waals surface area contributed by atoms with Gasteiger partial charge in [-0.25, -0.2) is 0 Å². The molecule has 0 aliphatic carbocycles. The number of carbonyl (C=O) groups excluding carboxylic acids is 1. The van der Waals surface area contributed by atoms with Crippen molar-refractivity contribution in [2.45, 2.75) is 13.0 Å². The fraction of sp³-hybridized carbons (Fsp3) is 0.286. The van der Waals surface area contributed by atoms with E-state index in [2.05, 4.69) is 17.0 Å². The van der Waals surface area contributed by atoms with Crippen LogP contribution in [0.3, 0.4) is 0 Å². The average Bonchev–Trinajstić information content (AvgIpc) is 2.93. The van der Waals surface area contributed by atoms with Gasteiger partial charge in [0.25, 0.3) is 5.69 Å². The minimum Gasteiger partial charge on any atom is -0.338 e. The molecule has 1 aliphatic heterocycles. The summed E-state index contributed by atoms with van der Waals surface area (Å²) in [5.41, 5.74) is 1.96. The lowest BCUT2D eigenvalue weighted by atomic mass is 10.2. The molecule has 0 radical (unpaired) electrons. The van der Waals surface area contributed by atoms with Crippen molar-refractivity contribution in [1.82, 2.24) is 9.80 Å². The Labute approximate surface area is 158 Å². The zero-order valence-electron chi connectivity index (χ0n) is 15.2. The molecule has 3 rings (SSSR count). The van der Waals surface area contributed by atoms with Crippen molar-refractivity contribution in [2.75, 3.05) is 26.2 Å². The van der Waals surface area contributed by atoms with E-state index in [1.165, 1.54) is 23.8 Å². The predicted octanol–water partition coefficient (Wildman–Crippen LogP) is 3.34. The number of hydrogen-bond donors (Lipinski definition) is 0. The van der Waals surface area contributed by atoms with E-state index in [0.717, 1.165) is 32.6 Å². The van der Waals surface area contributed by atoms with Gasteiger partial charge in [0.1, 0.15) is 0 Å². The second-order valence-corrected chi connectivity index (χ2v) is 6.63. The Kier molecular flexibility index (Phi) is 6.33. The second kappa shape index (κ2) is 9.09. The van der Waals surface area contributed by atoms with E-state index in [0.29, 0.717) is 12.1 Å². The quantitative estimate of drug-likeness (QED) is 0.463. The first-order valence-electron chi connectivity index (χ1n) is 9.09. The van der Waals surface area contributed by atoms with E-state index in [1.807, 2.05) is 23.1 Å². The van der Waals surface area contributed by atoms with E-state index in [9.17, 15) is 14.9 Å². The minimum atomic E-state index is -0.435. The van der Waals surface area contributed by atoms with Gasteiger partial charge in [0.05, 0.1) is 4.92 Å². The molecule has 1 fully saturated rings. The zero-order valence-corrected chi connectivity index (χ0v) is 15.2. The topological polar surface area (TPSA) is 66.7 Å². The second-order valence-electron chi connectivity index (χ2n) is 6.63. The van der Waals surface area contributed by atoms with Gasteiger partial charge in [-0.3, -0.25) is 19.8 Å². The Hall–Kier alpha value is -2.99. The summed E-state index contributed by atoms with van der Waals surface area (Å²) in [5.74, 6) is -0.0527. The molecule has 0 bridgehead atoms. The molecule has 0 unspecified atom stereocenters. The number of nitro groups is 1. The summed E-state index contributed by atoms with van der Waals surface area (Å²) in [7, 11) is 0. The summed E-state index contributed by atoms with van der Waals surface area (Å²) in [5, 5.41) is 10.8. The first-order valence-corrected chi connectivity index (χ1v) is 9.09. The van der Waals surface area contributed by atoms with Crippen molar-refractivity contribution < 1.29 is 9.72 Å². The minimum absolute atomic E-state index is 0.0240. The van der Waals surface area contributed by atoms with Crippen LogP contribution in [0.2, 0.25) is 0 Å². The molecular weight excluding hydrogens is 342 g/mol. The van der Waals surface area contributed by atoms with E-state index < -0.39 is 4.92 Å². The molecule has 27 heavy (non-hydrogen) atoms. The van der Waals surface area contributed by atoms with Gasteiger partial charge in [-0.05, 0) is 23.6 Å². The maximum absolute atomic E-state index is 12.5. The van der Waals surface area contributed by atoms with Crippen LogP contribution < -0.4 is 0 Å². The standard InChI is InChI=1S/C21H23N3O3/c25-21(11-10-18-8-4-9-20(16-18)24(26)27)23-13-5-12-22(14-15-23)17-19-6-2-1-3-7-19/h1-4,6-11,16H,5,12-15,17H2/b11-10+. The van der Waals surface area contributed by atoms with Gasteiger partial charge in [-0.1, -0.05) is 42.5 Å². The molecular formula is C21H23N3O3. The molecule has 1 saturated heterocycles. The first kappa shape index (κ1) is 18.8. The molecule has 2 aromatic rings. The van der Waals surface area contributed by atoms with Crippen LogP contribution in [0, 0.1) is 10.1 Å². The molecule has 0 saturated carbocycles. The molecule has 0 aromatic heterocycles. The highest BCUT2D eigenvalue weighted by Gasteiger charge is 2.17. The van der Waals surface area contributed by atoms with Gasteiger partial charge in [0, 0.05) is 50.9 Å². The lowest BCUT2D eigenvalue weighted by Gasteiger charge is -2.21. The zero-order chi connectivity index (χ0) is 19.1. The summed E-state index contributed by atoms with van der Waals surface area (Å²) in [6, 6.07) is 16.6. The highest BCUT2D eigenvalue weighted by atomic mass is 16.6. The van der Waals surface area contributed by atoms with Crippen LogP contribution in [0.5, 0.6) is 0 Å². The number of nitro benzene ring substituents is 1. The molecule has 0 N–H and O–H groups in total. The van der Waals surface area contributed by atoms with Crippen molar-refractivity contribution >= 4 is 17.7 Å². The number of rotatable bonds is 5. The maximum Gasteiger partial charge on any atom is 0.270 e. The lowest BCUT2D eigenvalue weighted by Crippen LogP contribution is -2.34. The third-order valence-electron chi connectivity index (χ3n) is 4.65. The summed E-state index contributed by atoms with van der Waals surface area (Å²) in [6.45, 7) is 4.11. The van der Waals surface area contributed by atoms with Crippen LogP contribution in [0.15, 0.2) is 60.7 Å². The van der Waals surface area contributed by atoms with Gasteiger partial charge in [-0.15, -0.1) is 0 Å².